The summed E-state index contributed by atoms with van der Waals surface area (Å²) in [6, 6.07) is 4.50. The van der Waals surface area contributed by atoms with Crippen molar-refractivity contribution >= 4 is 23.2 Å². The monoisotopic (exact) mass is 329 g/mol. The average Bonchev–Trinajstić information content (AvgIpc) is 2.83. The van der Waals surface area contributed by atoms with Gasteiger partial charge in [0.2, 0.25) is 0 Å². The summed E-state index contributed by atoms with van der Waals surface area (Å²) < 4.78 is 30.7. The van der Waals surface area contributed by atoms with E-state index in [2.05, 4.69) is 15.2 Å². The van der Waals surface area contributed by atoms with Crippen LogP contribution in [0.5, 0.6) is 5.75 Å². The molecule has 8 heteroatoms. The summed E-state index contributed by atoms with van der Waals surface area (Å²) in [4.78, 5) is 12.2. The maximum Gasteiger partial charge on any atom is 0.387 e. The second-order valence-corrected chi connectivity index (χ2v) is 4.92. The maximum absolute atomic E-state index is 12.4. The van der Waals surface area contributed by atoms with Crippen molar-refractivity contribution in [1.29, 1.82) is 0 Å². The topological polar surface area (TPSA) is 56.2 Å². The molecule has 5 nitrogen and oxygen atoms in total. The molecule has 1 aromatic carbocycles. The van der Waals surface area contributed by atoms with Crippen molar-refractivity contribution < 1.29 is 18.3 Å². The minimum atomic E-state index is -2.98. The number of benzene rings is 1. The third kappa shape index (κ3) is 3.73. The number of hydrogen-bond acceptors (Lipinski definition) is 3. The van der Waals surface area contributed by atoms with E-state index in [9.17, 15) is 13.6 Å². The van der Waals surface area contributed by atoms with Crippen LogP contribution in [0, 0.1) is 6.92 Å². The summed E-state index contributed by atoms with van der Waals surface area (Å²) in [5.41, 5.74) is 0.933. The average molecular weight is 330 g/mol. The number of carbonyl (C=O) groups excluding carboxylic acids is 1. The second-order valence-electron chi connectivity index (χ2n) is 4.51. The van der Waals surface area contributed by atoms with Gasteiger partial charge in [-0.05, 0) is 31.5 Å². The Bertz CT molecular complexity index is 689. The number of hydrogen-bond donors (Lipinski definition) is 1. The molecule has 0 aliphatic heterocycles. The Morgan fingerprint density at radius 3 is 2.82 bits per heavy atom. The molecule has 1 amide bonds. The Balaban J connectivity index is 2.27. The molecule has 0 atom stereocenters. The Morgan fingerprint density at radius 1 is 1.50 bits per heavy atom. The Hall–Kier alpha value is -2.15. The molecule has 1 aromatic heterocycles. The molecule has 0 fully saturated rings. The minimum absolute atomic E-state index is 0.0213. The highest BCUT2D eigenvalue weighted by Crippen LogP contribution is 2.28. The molecule has 118 valence electrons. The van der Waals surface area contributed by atoms with Crippen LogP contribution in [-0.2, 0) is 6.54 Å². The summed E-state index contributed by atoms with van der Waals surface area (Å²) in [7, 11) is 0. The lowest BCUT2D eigenvalue weighted by molar-refractivity contribution is -0.0493. The number of aryl methyl sites for hydroxylation is 2. The van der Waals surface area contributed by atoms with E-state index in [1.807, 2.05) is 6.92 Å². The van der Waals surface area contributed by atoms with Crippen LogP contribution in [0.25, 0.3) is 0 Å². The number of carbonyl (C=O) groups is 1. The third-order valence-electron chi connectivity index (χ3n) is 2.86. The Kier molecular flexibility index (Phi) is 4.97. The van der Waals surface area contributed by atoms with Crippen LogP contribution in [0.1, 0.15) is 23.0 Å². The van der Waals surface area contributed by atoms with Gasteiger partial charge in [-0.25, -0.2) is 0 Å². The lowest BCUT2D eigenvalue weighted by Gasteiger charge is -2.12. The highest BCUT2D eigenvalue weighted by atomic mass is 35.5. The van der Waals surface area contributed by atoms with E-state index in [0.717, 1.165) is 5.56 Å². The number of halogens is 3. The molecule has 22 heavy (non-hydrogen) atoms. The summed E-state index contributed by atoms with van der Waals surface area (Å²) >= 11 is 5.94. The van der Waals surface area contributed by atoms with E-state index < -0.39 is 12.5 Å². The first-order valence-corrected chi connectivity index (χ1v) is 6.88. The number of nitrogens with one attached hydrogen (secondary N) is 1. The number of amides is 1. The van der Waals surface area contributed by atoms with Crippen LogP contribution >= 0.6 is 11.6 Å². The first-order chi connectivity index (χ1) is 10.4. The molecule has 0 bridgehead atoms. The molecular weight excluding hydrogens is 316 g/mol. The van der Waals surface area contributed by atoms with Crippen LogP contribution in [-0.4, -0.2) is 22.3 Å². The number of aromatic nitrogens is 2. The number of ether oxygens (including phenoxy) is 1. The molecule has 0 saturated carbocycles. The molecule has 1 heterocycles. The van der Waals surface area contributed by atoms with E-state index in [-0.39, 0.29) is 22.2 Å². The summed E-state index contributed by atoms with van der Waals surface area (Å²) in [5, 5.41) is 6.70. The zero-order chi connectivity index (χ0) is 16.3. The summed E-state index contributed by atoms with van der Waals surface area (Å²) in [6.45, 7) is 1.18. The normalized spacial score (nSPS) is 10.8. The van der Waals surface area contributed by atoms with E-state index in [4.69, 9.17) is 11.6 Å². The van der Waals surface area contributed by atoms with Crippen molar-refractivity contribution in [2.45, 2.75) is 27.0 Å². The minimum Gasteiger partial charge on any atom is -0.433 e. The fourth-order valence-electron chi connectivity index (χ4n) is 1.83. The van der Waals surface area contributed by atoms with E-state index in [1.54, 1.807) is 13.0 Å². The van der Waals surface area contributed by atoms with Gasteiger partial charge in [0.1, 0.15) is 5.75 Å². The van der Waals surface area contributed by atoms with Gasteiger partial charge < -0.3 is 10.1 Å². The van der Waals surface area contributed by atoms with E-state index >= 15 is 0 Å². The third-order valence-corrected chi connectivity index (χ3v) is 3.13. The first-order valence-electron chi connectivity index (χ1n) is 6.50. The Labute approximate surface area is 130 Å². The predicted molar refractivity (Wildman–Crippen MR) is 78.7 cm³/mol. The summed E-state index contributed by atoms with van der Waals surface area (Å²) in [5.74, 6) is -0.720. The number of anilines is 1. The van der Waals surface area contributed by atoms with Crippen LogP contribution in [0.4, 0.5) is 14.5 Å². The molecule has 2 rings (SSSR count). The Morgan fingerprint density at radius 2 is 2.23 bits per heavy atom. The van der Waals surface area contributed by atoms with Crippen molar-refractivity contribution in [3.8, 4) is 5.75 Å². The van der Waals surface area contributed by atoms with Crippen molar-refractivity contribution in [2.24, 2.45) is 0 Å². The quantitative estimate of drug-likeness (QED) is 0.909. The molecule has 0 aliphatic carbocycles. The van der Waals surface area contributed by atoms with Crippen molar-refractivity contribution in [2.75, 3.05) is 5.32 Å². The highest BCUT2D eigenvalue weighted by Gasteiger charge is 2.18. The lowest BCUT2D eigenvalue weighted by Crippen LogP contribution is -2.15. The van der Waals surface area contributed by atoms with Gasteiger partial charge in [-0.3, -0.25) is 9.48 Å². The lowest BCUT2D eigenvalue weighted by atomic mass is 10.2. The fraction of sp³-hybridized carbons (Fsp3) is 0.286. The molecule has 0 aliphatic rings. The molecule has 2 aromatic rings. The second kappa shape index (κ2) is 6.74. The first kappa shape index (κ1) is 16.2. The molecule has 0 spiro atoms. The van der Waals surface area contributed by atoms with Crippen LogP contribution in [0.2, 0.25) is 5.02 Å². The van der Waals surface area contributed by atoms with Gasteiger partial charge in [0.15, 0.2) is 5.69 Å². The molecule has 0 radical (unpaired) electrons. The van der Waals surface area contributed by atoms with Gasteiger partial charge >= 0.3 is 6.61 Å². The van der Waals surface area contributed by atoms with E-state index in [1.165, 1.54) is 23.0 Å². The standard InChI is InChI=1S/C14H14ClF2N3O2/c1-3-20-7-9(15)12(19-20)13(21)18-10-6-8(2)4-5-11(10)22-14(16)17/h4-7,14H,3H2,1-2H3,(H,18,21). The van der Waals surface area contributed by atoms with Gasteiger partial charge in [0, 0.05) is 12.7 Å². The van der Waals surface area contributed by atoms with Gasteiger partial charge in [-0.15, -0.1) is 0 Å². The van der Waals surface area contributed by atoms with Gasteiger partial charge in [-0.1, -0.05) is 17.7 Å². The van der Waals surface area contributed by atoms with Crippen molar-refractivity contribution in [3.05, 3.63) is 40.7 Å². The van der Waals surface area contributed by atoms with Gasteiger partial charge in [0.25, 0.3) is 5.91 Å². The fourth-order valence-corrected chi connectivity index (χ4v) is 2.07. The van der Waals surface area contributed by atoms with Gasteiger partial charge in [0.05, 0.1) is 10.7 Å². The smallest absolute Gasteiger partial charge is 0.387 e. The van der Waals surface area contributed by atoms with Crippen LogP contribution < -0.4 is 10.1 Å². The number of rotatable bonds is 5. The number of alkyl halides is 2. The zero-order valence-corrected chi connectivity index (χ0v) is 12.7. The molecule has 0 unspecified atom stereocenters. The molecule has 1 N–H and O–H groups in total. The van der Waals surface area contributed by atoms with Crippen molar-refractivity contribution in [3.63, 3.8) is 0 Å². The van der Waals surface area contributed by atoms with Crippen LogP contribution in [0.15, 0.2) is 24.4 Å². The highest BCUT2D eigenvalue weighted by molar-refractivity contribution is 6.34. The maximum atomic E-state index is 12.4. The zero-order valence-electron chi connectivity index (χ0n) is 11.9. The SMILES string of the molecule is CCn1cc(Cl)c(C(=O)Nc2cc(C)ccc2OC(F)F)n1. The van der Waals surface area contributed by atoms with Crippen LogP contribution in [0.3, 0.4) is 0 Å². The molecular formula is C14H14ClF2N3O2. The predicted octanol–water partition coefficient (Wildman–Crippen LogP) is 3.72. The van der Waals surface area contributed by atoms with Gasteiger partial charge in [-0.2, -0.15) is 13.9 Å². The molecule has 0 saturated heterocycles. The largest absolute Gasteiger partial charge is 0.433 e. The number of nitrogens with zero attached hydrogens (tertiary/aromatic N) is 2. The van der Waals surface area contributed by atoms with E-state index in [0.29, 0.717) is 6.54 Å². The summed E-state index contributed by atoms with van der Waals surface area (Å²) in [6.07, 6.45) is 1.52. The van der Waals surface area contributed by atoms with Crippen molar-refractivity contribution in [1.82, 2.24) is 9.78 Å².